The molecule has 1 aliphatic rings. The molecule has 1 aliphatic heterocycles. The van der Waals surface area contributed by atoms with E-state index in [9.17, 15) is 9.59 Å². The number of halogens is 1. The summed E-state index contributed by atoms with van der Waals surface area (Å²) in [5.74, 6) is -1.20. The van der Waals surface area contributed by atoms with Crippen molar-refractivity contribution in [2.24, 2.45) is 5.92 Å². The SMILES string of the molecule is CCC(CN1CCOCC1)C(=O)c1cc2cc(C(=O)O)oc2cc1C.Cl. The van der Waals surface area contributed by atoms with Crippen LogP contribution in [-0.2, 0) is 4.74 Å². The van der Waals surface area contributed by atoms with Crippen molar-refractivity contribution in [2.45, 2.75) is 20.3 Å². The number of carbonyl (C=O) groups excluding carboxylic acids is 1. The van der Waals surface area contributed by atoms with Crippen molar-refractivity contribution in [3.63, 3.8) is 0 Å². The summed E-state index contributed by atoms with van der Waals surface area (Å²) < 4.78 is 10.7. The first-order chi connectivity index (χ1) is 12.0. The minimum absolute atomic E-state index is 0. The van der Waals surface area contributed by atoms with E-state index in [0.29, 0.717) is 29.7 Å². The quantitative estimate of drug-likeness (QED) is 0.772. The van der Waals surface area contributed by atoms with Gasteiger partial charge in [0.25, 0.3) is 0 Å². The average Bonchev–Trinajstić information content (AvgIpc) is 3.02. The van der Waals surface area contributed by atoms with Crippen molar-refractivity contribution in [3.05, 3.63) is 35.1 Å². The number of aryl methyl sites for hydroxylation is 1. The third-order valence-electron chi connectivity index (χ3n) is 4.79. The molecule has 0 saturated carbocycles. The first-order valence-electron chi connectivity index (χ1n) is 8.61. The lowest BCUT2D eigenvalue weighted by Gasteiger charge is -2.29. The largest absolute Gasteiger partial charge is 0.475 e. The molecular formula is C19H24ClNO5. The number of carboxylic acid groups (broad SMARTS) is 1. The van der Waals surface area contributed by atoms with Gasteiger partial charge in [0, 0.05) is 36.5 Å². The maximum atomic E-state index is 13.0. The Kier molecular flexibility index (Phi) is 6.81. The number of rotatable bonds is 6. The van der Waals surface area contributed by atoms with Crippen LogP contribution in [-0.4, -0.2) is 54.6 Å². The molecule has 1 saturated heterocycles. The minimum atomic E-state index is -1.11. The van der Waals surface area contributed by atoms with Crippen molar-refractivity contribution < 1.29 is 23.8 Å². The molecule has 6 nitrogen and oxygen atoms in total. The van der Waals surface area contributed by atoms with E-state index in [4.69, 9.17) is 14.3 Å². The second-order valence-electron chi connectivity index (χ2n) is 6.50. The summed E-state index contributed by atoms with van der Waals surface area (Å²) in [4.78, 5) is 26.4. The molecule has 26 heavy (non-hydrogen) atoms. The second-order valence-corrected chi connectivity index (χ2v) is 6.50. The maximum absolute atomic E-state index is 13.0. The summed E-state index contributed by atoms with van der Waals surface area (Å²) in [6, 6.07) is 4.97. The lowest BCUT2D eigenvalue weighted by atomic mass is 9.91. The number of hydrogen-bond donors (Lipinski definition) is 1. The smallest absolute Gasteiger partial charge is 0.371 e. The Hall–Kier alpha value is -1.89. The summed E-state index contributed by atoms with van der Waals surface area (Å²) in [5, 5.41) is 9.71. The number of Topliss-reactive ketones (excluding diaryl/α,β-unsaturated/α-hetero) is 1. The van der Waals surface area contributed by atoms with Gasteiger partial charge in [-0.15, -0.1) is 12.4 Å². The van der Waals surface area contributed by atoms with Crippen LogP contribution in [0.2, 0.25) is 0 Å². The summed E-state index contributed by atoms with van der Waals surface area (Å²) in [7, 11) is 0. The molecule has 1 atom stereocenters. The van der Waals surface area contributed by atoms with Crippen molar-refractivity contribution in [1.29, 1.82) is 0 Å². The van der Waals surface area contributed by atoms with E-state index in [2.05, 4.69) is 4.90 Å². The molecule has 0 aliphatic carbocycles. The number of benzene rings is 1. The predicted octanol–water partition coefficient (Wildman–Crippen LogP) is 3.40. The van der Waals surface area contributed by atoms with Gasteiger partial charge in [-0.25, -0.2) is 4.79 Å². The van der Waals surface area contributed by atoms with Crippen LogP contribution >= 0.6 is 12.4 Å². The number of hydrogen-bond acceptors (Lipinski definition) is 5. The average molecular weight is 382 g/mol. The van der Waals surface area contributed by atoms with Crippen LogP contribution in [0.25, 0.3) is 11.0 Å². The molecular weight excluding hydrogens is 358 g/mol. The number of morpholine rings is 1. The van der Waals surface area contributed by atoms with Gasteiger partial charge >= 0.3 is 5.97 Å². The molecule has 2 heterocycles. The van der Waals surface area contributed by atoms with E-state index in [1.165, 1.54) is 6.07 Å². The Balaban J connectivity index is 0.00000243. The summed E-state index contributed by atoms with van der Waals surface area (Å²) >= 11 is 0. The summed E-state index contributed by atoms with van der Waals surface area (Å²) in [5.41, 5.74) is 1.95. The number of carbonyl (C=O) groups is 2. The van der Waals surface area contributed by atoms with Gasteiger partial charge in [0.05, 0.1) is 13.2 Å². The Morgan fingerprint density at radius 1 is 1.23 bits per heavy atom. The van der Waals surface area contributed by atoms with Gasteiger partial charge in [-0.3, -0.25) is 9.69 Å². The molecule has 7 heteroatoms. The van der Waals surface area contributed by atoms with Crippen LogP contribution < -0.4 is 0 Å². The van der Waals surface area contributed by atoms with Gasteiger partial charge in [-0.05, 0) is 37.1 Å². The number of aromatic carboxylic acids is 1. The third-order valence-corrected chi connectivity index (χ3v) is 4.79. The number of ether oxygens (including phenoxy) is 1. The van der Waals surface area contributed by atoms with Gasteiger partial charge in [-0.2, -0.15) is 0 Å². The third kappa shape index (κ3) is 4.26. The molecule has 1 fully saturated rings. The van der Waals surface area contributed by atoms with E-state index in [1.54, 1.807) is 12.1 Å². The molecule has 142 valence electrons. The van der Waals surface area contributed by atoms with E-state index < -0.39 is 5.97 Å². The summed E-state index contributed by atoms with van der Waals surface area (Å²) in [6.07, 6.45) is 0.763. The highest BCUT2D eigenvalue weighted by atomic mass is 35.5. The molecule has 3 rings (SSSR count). The lowest BCUT2D eigenvalue weighted by Crippen LogP contribution is -2.41. The molecule has 1 aromatic heterocycles. The zero-order chi connectivity index (χ0) is 18.0. The van der Waals surface area contributed by atoms with Crippen LogP contribution in [0.3, 0.4) is 0 Å². The Morgan fingerprint density at radius 2 is 1.92 bits per heavy atom. The minimum Gasteiger partial charge on any atom is -0.475 e. The van der Waals surface area contributed by atoms with Gasteiger partial charge in [-0.1, -0.05) is 6.92 Å². The van der Waals surface area contributed by atoms with E-state index in [-0.39, 0.29) is 29.9 Å². The second kappa shape index (κ2) is 8.66. The topological polar surface area (TPSA) is 80.0 Å². The normalized spacial score (nSPS) is 16.2. The van der Waals surface area contributed by atoms with Crippen molar-refractivity contribution in [3.8, 4) is 0 Å². The number of carboxylic acids is 1. The first kappa shape index (κ1) is 20.4. The van der Waals surface area contributed by atoms with Crippen LogP contribution in [0.5, 0.6) is 0 Å². The fourth-order valence-electron chi connectivity index (χ4n) is 3.27. The van der Waals surface area contributed by atoms with Crippen LogP contribution in [0.4, 0.5) is 0 Å². The first-order valence-corrected chi connectivity index (χ1v) is 8.61. The molecule has 1 N–H and O–H groups in total. The highest BCUT2D eigenvalue weighted by molar-refractivity contribution is 6.03. The molecule has 0 radical (unpaired) electrons. The molecule has 0 bridgehead atoms. The van der Waals surface area contributed by atoms with Crippen LogP contribution in [0, 0.1) is 12.8 Å². The van der Waals surface area contributed by atoms with Gasteiger partial charge in [0.1, 0.15) is 5.58 Å². The van der Waals surface area contributed by atoms with Crippen molar-refractivity contribution >= 4 is 35.1 Å². The number of ketones is 1. The highest BCUT2D eigenvalue weighted by Gasteiger charge is 2.24. The van der Waals surface area contributed by atoms with E-state index in [0.717, 1.165) is 31.6 Å². The number of furan rings is 1. The Labute approximate surface area is 158 Å². The molecule has 0 amide bonds. The lowest BCUT2D eigenvalue weighted by molar-refractivity contribution is 0.0298. The molecule has 1 aromatic carbocycles. The highest BCUT2D eigenvalue weighted by Crippen LogP contribution is 2.26. The van der Waals surface area contributed by atoms with E-state index >= 15 is 0 Å². The van der Waals surface area contributed by atoms with Gasteiger partial charge < -0.3 is 14.3 Å². The molecule has 2 aromatic rings. The van der Waals surface area contributed by atoms with Crippen molar-refractivity contribution in [1.82, 2.24) is 4.90 Å². The maximum Gasteiger partial charge on any atom is 0.371 e. The fraction of sp³-hybridized carbons (Fsp3) is 0.474. The fourth-order valence-corrected chi connectivity index (χ4v) is 3.27. The van der Waals surface area contributed by atoms with Gasteiger partial charge in [0.2, 0.25) is 5.76 Å². The molecule has 1 unspecified atom stereocenters. The van der Waals surface area contributed by atoms with Gasteiger partial charge in [0.15, 0.2) is 5.78 Å². The predicted molar refractivity (Wildman–Crippen MR) is 101 cm³/mol. The molecule has 0 spiro atoms. The standard InChI is InChI=1S/C19H23NO5.ClH/c1-3-13(11-20-4-6-24-7-5-20)18(21)15-9-14-10-17(19(22)23)25-16(14)8-12(15)2;/h8-10,13H,3-7,11H2,1-2H3,(H,22,23);1H. The van der Waals surface area contributed by atoms with Crippen molar-refractivity contribution in [2.75, 3.05) is 32.8 Å². The zero-order valence-electron chi connectivity index (χ0n) is 15.0. The summed E-state index contributed by atoms with van der Waals surface area (Å²) in [6.45, 7) is 7.73. The van der Waals surface area contributed by atoms with Crippen LogP contribution in [0.15, 0.2) is 22.6 Å². The number of fused-ring (bicyclic) bond motifs is 1. The monoisotopic (exact) mass is 381 g/mol. The Morgan fingerprint density at radius 3 is 2.54 bits per heavy atom. The Bertz CT molecular complexity index is 795. The number of nitrogens with zero attached hydrogens (tertiary/aromatic N) is 1. The zero-order valence-corrected chi connectivity index (χ0v) is 15.8. The van der Waals surface area contributed by atoms with E-state index in [1.807, 2.05) is 13.8 Å². The van der Waals surface area contributed by atoms with Crippen LogP contribution in [0.1, 0.15) is 39.8 Å².